The van der Waals surface area contributed by atoms with Crippen LogP contribution in [0.25, 0.3) is 11.1 Å². The number of aromatic hydroxyl groups is 1. The third-order valence-corrected chi connectivity index (χ3v) is 2.43. The van der Waals surface area contributed by atoms with Crippen LogP contribution in [0.2, 0.25) is 0 Å². The van der Waals surface area contributed by atoms with Gasteiger partial charge in [-0.05, 0) is 23.8 Å². The first-order valence-electron chi connectivity index (χ1n) is 4.77. The number of hydrogen-bond acceptors (Lipinski definition) is 2. The number of aryl methyl sites for hydroxylation is 1. The van der Waals surface area contributed by atoms with Gasteiger partial charge < -0.3 is 14.8 Å². The molecule has 0 saturated heterocycles. The molecule has 0 fully saturated rings. The average molecular weight is 217 g/mol. The fraction of sp³-hybridized carbons (Fsp3) is 0.0833. The summed E-state index contributed by atoms with van der Waals surface area (Å²) in [5.74, 6) is -0.858. The molecule has 0 bridgehead atoms. The predicted octanol–water partition coefficient (Wildman–Crippen LogP) is 2.10. The number of aromatic carboxylic acids is 1. The molecule has 1 aromatic carbocycles. The van der Waals surface area contributed by atoms with Gasteiger partial charge in [0.2, 0.25) is 0 Å². The first kappa shape index (κ1) is 10.3. The van der Waals surface area contributed by atoms with Gasteiger partial charge in [-0.25, -0.2) is 4.79 Å². The lowest BCUT2D eigenvalue weighted by Crippen LogP contribution is -2.05. The molecule has 2 aromatic rings. The Hall–Kier alpha value is -2.23. The number of carbonyl (C=O) groups is 1. The molecule has 2 rings (SSSR count). The zero-order valence-corrected chi connectivity index (χ0v) is 8.71. The first-order chi connectivity index (χ1) is 7.59. The van der Waals surface area contributed by atoms with E-state index >= 15 is 0 Å². The summed E-state index contributed by atoms with van der Waals surface area (Å²) in [5.41, 5.74) is 1.51. The lowest BCUT2D eigenvalue weighted by atomic mass is 10.1. The Morgan fingerprint density at radius 1 is 1.31 bits per heavy atom. The van der Waals surface area contributed by atoms with E-state index in [-0.39, 0.29) is 11.4 Å². The molecule has 2 N–H and O–H groups in total. The molecule has 82 valence electrons. The van der Waals surface area contributed by atoms with Crippen molar-refractivity contribution >= 4 is 5.97 Å². The molecule has 0 unspecified atom stereocenters. The summed E-state index contributed by atoms with van der Waals surface area (Å²) in [6, 6.07) is 8.26. The van der Waals surface area contributed by atoms with Crippen LogP contribution in [0.4, 0.5) is 0 Å². The molecule has 0 aliphatic rings. The number of phenols is 1. The van der Waals surface area contributed by atoms with Crippen molar-refractivity contribution in [3.63, 3.8) is 0 Å². The molecule has 0 saturated carbocycles. The fourth-order valence-corrected chi connectivity index (χ4v) is 1.70. The second-order valence-corrected chi connectivity index (χ2v) is 3.54. The van der Waals surface area contributed by atoms with Gasteiger partial charge in [0, 0.05) is 18.8 Å². The minimum Gasteiger partial charge on any atom is -0.508 e. The van der Waals surface area contributed by atoms with E-state index in [0.717, 1.165) is 0 Å². The number of rotatable bonds is 2. The molecule has 0 radical (unpaired) electrons. The van der Waals surface area contributed by atoms with Gasteiger partial charge in [-0.3, -0.25) is 0 Å². The molecule has 1 aromatic heterocycles. The van der Waals surface area contributed by atoms with Crippen LogP contribution >= 0.6 is 0 Å². The highest BCUT2D eigenvalue weighted by atomic mass is 16.4. The standard InChI is InChI=1S/C12H11NO3/c1-13-6-5-10(11(13)12(15)16)8-3-2-4-9(14)7-8/h2-7,14H,1H3,(H,15,16). The summed E-state index contributed by atoms with van der Waals surface area (Å²) in [6.45, 7) is 0. The van der Waals surface area contributed by atoms with Gasteiger partial charge in [0.15, 0.2) is 0 Å². The maximum Gasteiger partial charge on any atom is 0.353 e. The number of carboxylic acids is 1. The van der Waals surface area contributed by atoms with Gasteiger partial charge in [0.25, 0.3) is 0 Å². The maximum atomic E-state index is 11.1. The molecule has 0 aliphatic heterocycles. The number of benzene rings is 1. The largest absolute Gasteiger partial charge is 0.508 e. The van der Waals surface area contributed by atoms with E-state index < -0.39 is 5.97 Å². The van der Waals surface area contributed by atoms with Gasteiger partial charge >= 0.3 is 5.97 Å². The number of phenolic OH excluding ortho intramolecular Hbond substituents is 1. The topological polar surface area (TPSA) is 62.5 Å². The van der Waals surface area contributed by atoms with E-state index in [1.165, 1.54) is 0 Å². The smallest absolute Gasteiger partial charge is 0.353 e. The van der Waals surface area contributed by atoms with Gasteiger partial charge in [-0.15, -0.1) is 0 Å². The van der Waals surface area contributed by atoms with Gasteiger partial charge in [0.1, 0.15) is 11.4 Å². The first-order valence-corrected chi connectivity index (χ1v) is 4.77. The van der Waals surface area contributed by atoms with Crippen molar-refractivity contribution in [2.24, 2.45) is 7.05 Å². The second kappa shape index (κ2) is 3.73. The molecule has 0 atom stereocenters. The third kappa shape index (κ3) is 1.65. The van der Waals surface area contributed by atoms with Gasteiger partial charge in [-0.2, -0.15) is 0 Å². The van der Waals surface area contributed by atoms with E-state index in [1.807, 2.05) is 0 Å². The molecule has 0 spiro atoms. The normalized spacial score (nSPS) is 10.3. The number of hydrogen-bond donors (Lipinski definition) is 2. The molecule has 4 heteroatoms. The zero-order valence-electron chi connectivity index (χ0n) is 8.71. The van der Waals surface area contributed by atoms with Gasteiger partial charge in [0.05, 0.1) is 0 Å². The summed E-state index contributed by atoms with van der Waals surface area (Å²) in [4.78, 5) is 11.1. The third-order valence-electron chi connectivity index (χ3n) is 2.43. The van der Waals surface area contributed by atoms with Crippen molar-refractivity contribution in [2.45, 2.75) is 0 Å². The minimum absolute atomic E-state index is 0.123. The van der Waals surface area contributed by atoms with E-state index in [1.54, 1.807) is 48.1 Å². The summed E-state index contributed by atoms with van der Waals surface area (Å²) in [5, 5.41) is 18.4. The second-order valence-electron chi connectivity index (χ2n) is 3.54. The highest BCUT2D eigenvalue weighted by molar-refractivity contribution is 5.94. The minimum atomic E-state index is -0.981. The van der Waals surface area contributed by atoms with Crippen LogP contribution in [0.15, 0.2) is 36.5 Å². The van der Waals surface area contributed by atoms with Crippen LogP contribution in [0.3, 0.4) is 0 Å². The monoisotopic (exact) mass is 217 g/mol. The van der Waals surface area contributed by atoms with Crippen LogP contribution in [0.5, 0.6) is 5.75 Å². The van der Waals surface area contributed by atoms with Crippen LogP contribution in [-0.4, -0.2) is 20.7 Å². The number of carboxylic acid groups (broad SMARTS) is 1. The lowest BCUT2D eigenvalue weighted by molar-refractivity contribution is 0.0687. The van der Waals surface area contributed by atoms with Crippen LogP contribution in [0, 0.1) is 0 Å². The Kier molecular flexibility index (Phi) is 2.40. The van der Waals surface area contributed by atoms with Crippen LogP contribution < -0.4 is 0 Å². The molecule has 0 amide bonds. The summed E-state index contributed by atoms with van der Waals surface area (Å²) < 4.78 is 1.54. The number of nitrogens with zero attached hydrogens (tertiary/aromatic N) is 1. The average Bonchev–Trinajstić information content (AvgIpc) is 2.60. The molecular formula is C12H11NO3. The summed E-state index contributed by atoms with van der Waals surface area (Å²) in [6.07, 6.45) is 1.68. The SMILES string of the molecule is Cn1ccc(-c2cccc(O)c2)c1C(=O)O. The summed E-state index contributed by atoms with van der Waals surface area (Å²) in [7, 11) is 1.68. The van der Waals surface area contributed by atoms with Crippen molar-refractivity contribution in [3.8, 4) is 16.9 Å². The Balaban J connectivity index is 2.60. The fourth-order valence-electron chi connectivity index (χ4n) is 1.70. The quantitative estimate of drug-likeness (QED) is 0.809. The van der Waals surface area contributed by atoms with E-state index in [2.05, 4.69) is 0 Å². The van der Waals surface area contributed by atoms with Crippen molar-refractivity contribution in [2.75, 3.05) is 0 Å². The van der Waals surface area contributed by atoms with Crippen molar-refractivity contribution < 1.29 is 15.0 Å². The molecule has 1 heterocycles. The molecule has 16 heavy (non-hydrogen) atoms. The predicted molar refractivity (Wildman–Crippen MR) is 59.5 cm³/mol. The molecule has 0 aliphatic carbocycles. The zero-order chi connectivity index (χ0) is 11.7. The van der Waals surface area contributed by atoms with Crippen LogP contribution in [-0.2, 0) is 7.05 Å². The summed E-state index contributed by atoms with van der Waals surface area (Å²) >= 11 is 0. The van der Waals surface area contributed by atoms with Gasteiger partial charge in [-0.1, -0.05) is 12.1 Å². The van der Waals surface area contributed by atoms with E-state index in [9.17, 15) is 9.90 Å². The maximum absolute atomic E-state index is 11.1. The van der Waals surface area contributed by atoms with Crippen molar-refractivity contribution in [1.29, 1.82) is 0 Å². The Bertz CT molecular complexity index is 543. The van der Waals surface area contributed by atoms with E-state index in [0.29, 0.717) is 11.1 Å². The Morgan fingerprint density at radius 2 is 2.06 bits per heavy atom. The van der Waals surface area contributed by atoms with E-state index in [4.69, 9.17) is 5.11 Å². The van der Waals surface area contributed by atoms with Crippen LogP contribution in [0.1, 0.15) is 10.5 Å². The molecular weight excluding hydrogens is 206 g/mol. The highest BCUT2D eigenvalue weighted by Gasteiger charge is 2.15. The highest BCUT2D eigenvalue weighted by Crippen LogP contribution is 2.27. The Labute approximate surface area is 92.4 Å². The molecule has 4 nitrogen and oxygen atoms in total. The lowest BCUT2D eigenvalue weighted by Gasteiger charge is -2.03. The van der Waals surface area contributed by atoms with Crippen molar-refractivity contribution in [3.05, 3.63) is 42.2 Å². The van der Waals surface area contributed by atoms with Crippen molar-refractivity contribution in [1.82, 2.24) is 4.57 Å². The number of aromatic nitrogens is 1. The Morgan fingerprint density at radius 3 is 2.69 bits per heavy atom.